The lowest BCUT2D eigenvalue weighted by Crippen LogP contribution is -2.08. The second kappa shape index (κ2) is 6.85. The predicted octanol–water partition coefficient (Wildman–Crippen LogP) is 4.62. The molecule has 1 rings (SSSR count). The third kappa shape index (κ3) is 4.31. The number of hydrogen-bond donors (Lipinski definition) is 1. The normalized spacial score (nSPS) is 14.6. The third-order valence-electron chi connectivity index (χ3n) is 2.49. The summed E-state index contributed by atoms with van der Waals surface area (Å²) in [5.41, 5.74) is -0.181. The maximum atomic E-state index is 12.4. The van der Waals surface area contributed by atoms with Gasteiger partial charge in [0.25, 0.3) is 0 Å². The highest BCUT2D eigenvalue weighted by Gasteiger charge is 2.30. The number of allylic oxidation sites excluding steroid dienone is 1. The maximum Gasteiger partial charge on any atom is 0.416 e. The van der Waals surface area contributed by atoms with Gasteiger partial charge < -0.3 is 5.11 Å². The zero-order valence-electron chi connectivity index (χ0n) is 10.7. The van der Waals surface area contributed by atoms with Gasteiger partial charge in [0.1, 0.15) is 10.7 Å². The van der Waals surface area contributed by atoms with E-state index in [0.29, 0.717) is 10.2 Å². The van der Waals surface area contributed by atoms with Gasteiger partial charge in [-0.05, 0) is 40.5 Å². The summed E-state index contributed by atoms with van der Waals surface area (Å²) in [6, 6.07) is 4.27. The van der Waals surface area contributed by atoms with Crippen LogP contribution in [0.25, 0.3) is 0 Å². The third-order valence-corrected chi connectivity index (χ3v) is 3.20. The minimum Gasteiger partial charge on any atom is -0.384 e. The Bertz CT molecular complexity index is 532. The lowest BCUT2D eigenvalue weighted by molar-refractivity contribution is -0.137. The van der Waals surface area contributed by atoms with E-state index < -0.39 is 17.8 Å². The van der Waals surface area contributed by atoms with Gasteiger partial charge in [-0.2, -0.15) is 13.2 Å². The monoisotopic (exact) mass is 347 g/mol. The molecule has 6 heteroatoms. The molecule has 1 N–H and O–H groups in total. The van der Waals surface area contributed by atoms with Crippen LogP contribution in [0.3, 0.4) is 0 Å². The topological polar surface area (TPSA) is 32.6 Å². The largest absolute Gasteiger partial charge is 0.416 e. The van der Waals surface area contributed by atoms with Crippen LogP contribution in [0.5, 0.6) is 0 Å². The first-order chi connectivity index (χ1) is 9.27. The maximum absolute atomic E-state index is 12.4. The molecule has 0 aliphatic heterocycles. The average Bonchev–Trinajstić information content (AvgIpc) is 2.42. The Kier molecular flexibility index (Phi) is 5.71. The second-order valence-electron chi connectivity index (χ2n) is 3.95. The first-order valence-electron chi connectivity index (χ1n) is 5.66. The number of benzene rings is 1. The van der Waals surface area contributed by atoms with Crippen molar-refractivity contribution in [2.75, 3.05) is 0 Å². The highest BCUT2D eigenvalue weighted by Crippen LogP contribution is 2.31. The standard InChI is InChI=1S/C14H13BrF3NO/c1-3-8-19-13(15)9(2)12(20)10-4-6-11(7-5-10)14(16,17)18/h3-8,12,20H,2H2,1H3/b8-3-,19-13?. The smallest absolute Gasteiger partial charge is 0.384 e. The molecule has 0 radical (unpaired) electrons. The summed E-state index contributed by atoms with van der Waals surface area (Å²) in [5, 5.41) is 10.0. The Morgan fingerprint density at radius 2 is 1.90 bits per heavy atom. The van der Waals surface area contributed by atoms with Crippen LogP contribution in [0, 0.1) is 0 Å². The van der Waals surface area contributed by atoms with Gasteiger partial charge in [-0.3, -0.25) is 0 Å². The van der Waals surface area contributed by atoms with E-state index in [4.69, 9.17) is 0 Å². The van der Waals surface area contributed by atoms with Crippen molar-refractivity contribution >= 4 is 20.6 Å². The van der Waals surface area contributed by atoms with Gasteiger partial charge in [-0.1, -0.05) is 24.8 Å². The van der Waals surface area contributed by atoms with Crippen molar-refractivity contribution in [3.63, 3.8) is 0 Å². The number of halogens is 4. The van der Waals surface area contributed by atoms with Crippen molar-refractivity contribution in [1.29, 1.82) is 0 Å². The Balaban J connectivity index is 2.93. The molecule has 20 heavy (non-hydrogen) atoms. The van der Waals surface area contributed by atoms with Gasteiger partial charge in [0.05, 0.1) is 5.56 Å². The van der Waals surface area contributed by atoms with E-state index in [-0.39, 0.29) is 5.57 Å². The number of nitrogens with zero attached hydrogens (tertiary/aromatic N) is 1. The molecule has 0 fully saturated rings. The highest BCUT2D eigenvalue weighted by atomic mass is 79.9. The van der Waals surface area contributed by atoms with E-state index >= 15 is 0 Å². The molecule has 0 aliphatic carbocycles. The first-order valence-corrected chi connectivity index (χ1v) is 6.45. The number of rotatable bonds is 4. The van der Waals surface area contributed by atoms with Gasteiger partial charge >= 0.3 is 6.18 Å². The molecule has 0 saturated carbocycles. The van der Waals surface area contributed by atoms with Gasteiger partial charge in [0, 0.05) is 11.8 Å². The van der Waals surface area contributed by atoms with Crippen LogP contribution in [-0.2, 0) is 6.18 Å². The second-order valence-corrected chi connectivity index (χ2v) is 4.70. The SMILES string of the molecule is C=C(C(Br)=N/C=C\C)C(O)c1ccc(C(F)(F)F)cc1. The molecule has 0 spiro atoms. The average molecular weight is 348 g/mol. The Labute approximate surface area is 123 Å². The fourth-order valence-corrected chi connectivity index (χ4v) is 1.73. The van der Waals surface area contributed by atoms with Crippen molar-refractivity contribution in [3.05, 3.63) is 59.8 Å². The first kappa shape index (κ1) is 16.7. The van der Waals surface area contributed by atoms with E-state index in [1.165, 1.54) is 18.3 Å². The van der Waals surface area contributed by atoms with Crippen LogP contribution in [0.4, 0.5) is 13.2 Å². The number of aliphatic hydroxyl groups is 1. The van der Waals surface area contributed by atoms with Crippen molar-refractivity contribution in [3.8, 4) is 0 Å². The van der Waals surface area contributed by atoms with E-state index in [1.54, 1.807) is 13.0 Å². The van der Waals surface area contributed by atoms with Crippen molar-refractivity contribution in [2.24, 2.45) is 4.99 Å². The van der Waals surface area contributed by atoms with Crippen LogP contribution in [-0.4, -0.2) is 9.73 Å². The number of aliphatic hydroxyl groups excluding tert-OH is 1. The van der Waals surface area contributed by atoms with Gasteiger partial charge in [-0.15, -0.1) is 0 Å². The molecule has 2 nitrogen and oxygen atoms in total. The fourth-order valence-electron chi connectivity index (χ4n) is 1.39. The molecular formula is C14H13BrF3NO. The van der Waals surface area contributed by atoms with E-state index in [9.17, 15) is 18.3 Å². The molecule has 0 amide bonds. The van der Waals surface area contributed by atoms with Gasteiger partial charge in [0.15, 0.2) is 0 Å². The van der Waals surface area contributed by atoms with Crippen LogP contribution >= 0.6 is 15.9 Å². The summed E-state index contributed by atoms with van der Waals surface area (Å²) in [6.07, 6.45) is -2.32. The molecule has 1 atom stereocenters. The number of alkyl halides is 3. The molecule has 1 unspecified atom stereocenters. The lowest BCUT2D eigenvalue weighted by atomic mass is 10.0. The minimum atomic E-state index is -4.39. The summed E-state index contributed by atoms with van der Waals surface area (Å²) >= 11 is 3.15. The lowest BCUT2D eigenvalue weighted by Gasteiger charge is -2.14. The summed E-state index contributed by atoms with van der Waals surface area (Å²) in [6.45, 7) is 5.45. The van der Waals surface area contributed by atoms with E-state index in [1.807, 2.05) is 0 Å². The summed E-state index contributed by atoms with van der Waals surface area (Å²) < 4.78 is 37.6. The molecule has 0 heterocycles. The molecule has 1 aromatic rings. The molecule has 0 aliphatic rings. The van der Waals surface area contributed by atoms with Crippen LogP contribution in [0.2, 0.25) is 0 Å². The Morgan fingerprint density at radius 1 is 1.35 bits per heavy atom. The summed E-state index contributed by atoms with van der Waals surface area (Å²) in [5.74, 6) is 0. The molecule has 0 saturated heterocycles. The quantitative estimate of drug-likeness (QED) is 0.791. The Hall–Kier alpha value is -1.40. The predicted molar refractivity (Wildman–Crippen MR) is 76.7 cm³/mol. The van der Waals surface area contributed by atoms with Crippen molar-refractivity contribution < 1.29 is 18.3 Å². The molecule has 0 bridgehead atoms. The van der Waals surface area contributed by atoms with E-state index in [0.717, 1.165) is 12.1 Å². The van der Waals surface area contributed by atoms with Crippen molar-refractivity contribution in [1.82, 2.24) is 0 Å². The van der Waals surface area contributed by atoms with Gasteiger partial charge in [-0.25, -0.2) is 4.99 Å². The zero-order chi connectivity index (χ0) is 15.3. The van der Waals surface area contributed by atoms with Crippen LogP contribution in [0.1, 0.15) is 24.2 Å². The van der Waals surface area contributed by atoms with Crippen LogP contribution < -0.4 is 0 Å². The van der Waals surface area contributed by atoms with E-state index in [2.05, 4.69) is 27.5 Å². The Morgan fingerprint density at radius 3 is 2.35 bits per heavy atom. The zero-order valence-corrected chi connectivity index (χ0v) is 12.2. The summed E-state index contributed by atoms with van der Waals surface area (Å²) in [4.78, 5) is 3.96. The van der Waals surface area contributed by atoms with Crippen molar-refractivity contribution in [2.45, 2.75) is 19.2 Å². The fraction of sp³-hybridized carbons (Fsp3) is 0.214. The number of aliphatic imine (C=N–C) groups is 1. The number of hydrogen-bond acceptors (Lipinski definition) is 2. The molecular weight excluding hydrogens is 335 g/mol. The molecule has 108 valence electrons. The molecule has 0 aromatic heterocycles. The summed E-state index contributed by atoms with van der Waals surface area (Å²) in [7, 11) is 0. The highest BCUT2D eigenvalue weighted by molar-refractivity contribution is 9.18. The molecule has 1 aromatic carbocycles. The van der Waals surface area contributed by atoms with Gasteiger partial charge in [0.2, 0.25) is 0 Å². The minimum absolute atomic E-state index is 0.267. The van der Waals surface area contributed by atoms with Crippen LogP contribution in [0.15, 0.2) is 53.7 Å².